The molecule has 0 aliphatic heterocycles. The minimum atomic E-state index is -4.43. The van der Waals surface area contributed by atoms with Crippen LogP contribution in [-0.2, 0) is 10.9 Å². The van der Waals surface area contributed by atoms with Crippen LogP contribution < -0.4 is 10.6 Å². The molecule has 1 amide bonds. The molecule has 1 heterocycles. The summed E-state index contributed by atoms with van der Waals surface area (Å²) in [5.74, 6) is 0. The van der Waals surface area contributed by atoms with Crippen molar-refractivity contribution >= 4 is 23.2 Å². The molecule has 0 saturated heterocycles. The zero-order chi connectivity index (χ0) is 18.0. The molecule has 132 valence electrons. The number of hydrogen-bond donors (Lipinski definition) is 2. The maximum atomic E-state index is 12.6. The lowest BCUT2D eigenvalue weighted by Crippen LogP contribution is -2.35. The highest BCUT2D eigenvalue weighted by Crippen LogP contribution is 2.31. The highest BCUT2D eigenvalue weighted by molar-refractivity contribution is 5.75. The van der Waals surface area contributed by atoms with Crippen molar-refractivity contribution in [1.82, 2.24) is 10.3 Å². The molecule has 0 radical (unpaired) electrons. The Balaban J connectivity index is 1.88. The molecule has 2 N–H and O–H groups in total. The van der Waals surface area contributed by atoms with E-state index in [1.54, 1.807) is 20.8 Å². The Kier molecular flexibility index (Phi) is 4.91. The van der Waals surface area contributed by atoms with Crippen molar-refractivity contribution in [1.29, 1.82) is 0 Å². The van der Waals surface area contributed by atoms with E-state index in [2.05, 4.69) is 15.6 Å². The number of rotatable bonds is 4. The Morgan fingerprint density at radius 3 is 2.58 bits per heavy atom. The maximum Gasteiger partial charge on any atom is 0.416 e. The summed E-state index contributed by atoms with van der Waals surface area (Å²) in [6.45, 7) is 5.76. The SMILES string of the molecule is CC(C)(C)OC(=O)NCCNc1nc2cc(C(F)(F)F)ccc2o1. The topological polar surface area (TPSA) is 76.4 Å². The van der Waals surface area contributed by atoms with Crippen molar-refractivity contribution in [3.8, 4) is 0 Å². The van der Waals surface area contributed by atoms with Crippen LogP contribution in [0.2, 0.25) is 0 Å². The van der Waals surface area contributed by atoms with Crippen LogP contribution in [0.1, 0.15) is 26.3 Å². The summed E-state index contributed by atoms with van der Waals surface area (Å²) in [5, 5.41) is 5.31. The summed E-state index contributed by atoms with van der Waals surface area (Å²) in [4.78, 5) is 15.4. The Morgan fingerprint density at radius 2 is 1.96 bits per heavy atom. The molecular formula is C15H18F3N3O3. The first kappa shape index (κ1) is 17.9. The fraction of sp³-hybridized carbons (Fsp3) is 0.467. The van der Waals surface area contributed by atoms with Crippen LogP contribution in [0.4, 0.5) is 24.0 Å². The smallest absolute Gasteiger partial charge is 0.416 e. The Hall–Kier alpha value is -2.45. The van der Waals surface area contributed by atoms with Gasteiger partial charge in [-0.15, -0.1) is 0 Å². The molecule has 1 aromatic heterocycles. The van der Waals surface area contributed by atoms with Crippen LogP contribution in [-0.4, -0.2) is 29.8 Å². The number of alkyl carbamates (subject to hydrolysis) is 1. The first-order chi connectivity index (χ1) is 11.0. The largest absolute Gasteiger partial charge is 0.444 e. The van der Waals surface area contributed by atoms with Gasteiger partial charge in [0.2, 0.25) is 0 Å². The average molecular weight is 345 g/mol. The number of nitrogens with one attached hydrogen (secondary N) is 2. The quantitative estimate of drug-likeness (QED) is 0.825. The highest BCUT2D eigenvalue weighted by Gasteiger charge is 2.31. The van der Waals surface area contributed by atoms with Crippen molar-refractivity contribution in [3.63, 3.8) is 0 Å². The number of fused-ring (bicyclic) bond motifs is 1. The molecule has 0 bridgehead atoms. The van der Waals surface area contributed by atoms with E-state index in [1.165, 1.54) is 6.07 Å². The number of ether oxygens (including phenoxy) is 1. The minimum Gasteiger partial charge on any atom is -0.444 e. The third kappa shape index (κ3) is 5.04. The van der Waals surface area contributed by atoms with E-state index < -0.39 is 23.4 Å². The van der Waals surface area contributed by atoms with E-state index in [9.17, 15) is 18.0 Å². The molecule has 2 rings (SSSR count). The van der Waals surface area contributed by atoms with Gasteiger partial charge in [0.15, 0.2) is 5.58 Å². The zero-order valence-electron chi connectivity index (χ0n) is 13.5. The number of halogens is 3. The number of benzene rings is 1. The summed E-state index contributed by atoms with van der Waals surface area (Å²) >= 11 is 0. The lowest BCUT2D eigenvalue weighted by molar-refractivity contribution is -0.137. The lowest BCUT2D eigenvalue weighted by Gasteiger charge is -2.19. The fourth-order valence-electron chi connectivity index (χ4n) is 1.83. The van der Waals surface area contributed by atoms with Crippen molar-refractivity contribution < 1.29 is 27.1 Å². The standard InChI is InChI=1S/C15H18F3N3O3/c1-14(2,3)24-13(22)20-7-6-19-12-21-10-8-9(15(16,17)18)4-5-11(10)23-12/h4-5,8H,6-7H2,1-3H3,(H,19,21)(H,20,22). The molecule has 0 fully saturated rings. The molecule has 2 aromatic rings. The fourth-order valence-corrected chi connectivity index (χ4v) is 1.83. The molecule has 0 saturated carbocycles. The van der Waals surface area contributed by atoms with Gasteiger partial charge in [-0.2, -0.15) is 18.2 Å². The normalized spacial score (nSPS) is 12.2. The molecule has 24 heavy (non-hydrogen) atoms. The summed E-state index contributed by atoms with van der Waals surface area (Å²) in [6.07, 6.45) is -4.99. The molecule has 0 unspecified atom stereocenters. The first-order valence-electron chi connectivity index (χ1n) is 7.23. The van der Waals surface area contributed by atoms with E-state index >= 15 is 0 Å². The Bertz CT molecular complexity index is 720. The number of alkyl halides is 3. The second kappa shape index (κ2) is 6.58. The molecule has 0 aliphatic rings. The van der Waals surface area contributed by atoms with Crippen LogP contribution in [0.5, 0.6) is 0 Å². The second-order valence-corrected chi connectivity index (χ2v) is 6.05. The first-order valence-corrected chi connectivity index (χ1v) is 7.23. The molecule has 9 heteroatoms. The van der Waals surface area contributed by atoms with Crippen molar-refractivity contribution in [2.75, 3.05) is 18.4 Å². The van der Waals surface area contributed by atoms with Crippen LogP contribution >= 0.6 is 0 Å². The predicted octanol–water partition coefficient (Wildman–Crippen LogP) is 3.78. The molecule has 0 aliphatic carbocycles. The number of nitrogens with zero attached hydrogens (tertiary/aromatic N) is 1. The van der Waals surface area contributed by atoms with Crippen LogP contribution in [0.3, 0.4) is 0 Å². The molecular weight excluding hydrogens is 327 g/mol. The second-order valence-electron chi connectivity index (χ2n) is 6.05. The van der Waals surface area contributed by atoms with E-state index in [0.717, 1.165) is 12.1 Å². The van der Waals surface area contributed by atoms with Gasteiger partial charge in [-0.05, 0) is 39.0 Å². The zero-order valence-corrected chi connectivity index (χ0v) is 13.5. The summed E-state index contributed by atoms with van der Waals surface area (Å²) in [5.41, 5.74) is -1.03. The van der Waals surface area contributed by atoms with Gasteiger partial charge in [-0.25, -0.2) is 4.79 Å². The summed E-state index contributed by atoms with van der Waals surface area (Å²) in [7, 11) is 0. The lowest BCUT2D eigenvalue weighted by atomic mass is 10.2. The van der Waals surface area contributed by atoms with Gasteiger partial charge in [0.25, 0.3) is 6.01 Å². The minimum absolute atomic E-state index is 0.0790. The molecule has 0 spiro atoms. The van der Waals surface area contributed by atoms with Gasteiger partial charge in [-0.3, -0.25) is 0 Å². The van der Waals surface area contributed by atoms with E-state index in [4.69, 9.17) is 9.15 Å². The number of carbonyl (C=O) groups is 1. The summed E-state index contributed by atoms with van der Waals surface area (Å²) in [6, 6.07) is 3.15. The van der Waals surface area contributed by atoms with Gasteiger partial charge in [0.1, 0.15) is 11.1 Å². The van der Waals surface area contributed by atoms with Crippen LogP contribution in [0.25, 0.3) is 11.1 Å². The molecule has 6 nitrogen and oxygen atoms in total. The monoisotopic (exact) mass is 345 g/mol. The van der Waals surface area contributed by atoms with E-state index in [0.29, 0.717) is 0 Å². The predicted molar refractivity (Wildman–Crippen MR) is 81.7 cm³/mol. The van der Waals surface area contributed by atoms with Gasteiger partial charge < -0.3 is 19.8 Å². The number of aromatic nitrogens is 1. The van der Waals surface area contributed by atoms with Gasteiger partial charge in [-0.1, -0.05) is 0 Å². The van der Waals surface area contributed by atoms with Crippen molar-refractivity contribution in [3.05, 3.63) is 23.8 Å². The van der Waals surface area contributed by atoms with Crippen molar-refractivity contribution in [2.45, 2.75) is 32.5 Å². The average Bonchev–Trinajstić information content (AvgIpc) is 2.82. The van der Waals surface area contributed by atoms with E-state index in [-0.39, 0.29) is 30.2 Å². The Labute approximate surface area is 136 Å². The molecule has 1 aromatic carbocycles. The third-order valence-corrected chi connectivity index (χ3v) is 2.78. The van der Waals surface area contributed by atoms with Crippen molar-refractivity contribution in [2.24, 2.45) is 0 Å². The van der Waals surface area contributed by atoms with Crippen LogP contribution in [0.15, 0.2) is 22.6 Å². The van der Waals surface area contributed by atoms with Gasteiger partial charge in [0.05, 0.1) is 5.56 Å². The number of amides is 1. The summed E-state index contributed by atoms with van der Waals surface area (Å²) < 4.78 is 48.3. The van der Waals surface area contributed by atoms with E-state index in [1.807, 2.05) is 0 Å². The Morgan fingerprint density at radius 1 is 1.25 bits per heavy atom. The van der Waals surface area contributed by atoms with Gasteiger partial charge in [0, 0.05) is 13.1 Å². The number of carbonyl (C=O) groups excluding carboxylic acids is 1. The number of anilines is 1. The van der Waals surface area contributed by atoms with Crippen LogP contribution in [0, 0.1) is 0 Å². The number of hydrogen-bond acceptors (Lipinski definition) is 5. The molecule has 0 atom stereocenters. The highest BCUT2D eigenvalue weighted by atomic mass is 19.4. The maximum absolute atomic E-state index is 12.6. The van der Waals surface area contributed by atoms with Gasteiger partial charge >= 0.3 is 12.3 Å². The third-order valence-electron chi connectivity index (χ3n) is 2.78. The number of oxazole rings is 1.